The summed E-state index contributed by atoms with van der Waals surface area (Å²) < 4.78 is 0. The normalized spacial score (nSPS) is 29.1. The Morgan fingerprint density at radius 1 is 1.23 bits per heavy atom. The zero-order valence-corrected chi connectivity index (χ0v) is 15.0. The maximum atomic E-state index is 12.5. The molecule has 1 aromatic heterocycles. The second-order valence-electron chi connectivity index (χ2n) is 7.65. The van der Waals surface area contributed by atoms with Gasteiger partial charge in [0.2, 0.25) is 5.91 Å². The van der Waals surface area contributed by atoms with E-state index in [9.17, 15) is 14.7 Å². The summed E-state index contributed by atoms with van der Waals surface area (Å²) in [5, 5.41) is 13.4. The summed E-state index contributed by atoms with van der Waals surface area (Å²) in [6.07, 6.45) is 5.28. The second-order valence-corrected chi connectivity index (χ2v) is 7.65. The molecular weight excluding hydrogens is 332 g/mol. The topological polar surface area (TPSA) is 85.8 Å². The Hall–Kier alpha value is -2.15. The first-order chi connectivity index (χ1) is 12.6. The number of pyridine rings is 1. The van der Waals surface area contributed by atoms with E-state index in [1.54, 1.807) is 6.20 Å². The third kappa shape index (κ3) is 2.94. The molecule has 0 aromatic carbocycles. The minimum atomic E-state index is -0.748. The van der Waals surface area contributed by atoms with Crippen LogP contribution < -0.4 is 10.2 Å². The smallest absolute Gasteiger partial charge is 0.255 e. The third-order valence-electron chi connectivity index (χ3n) is 6.03. The lowest BCUT2D eigenvalue weighted by molar-refractivity contribution is -0.142. The Balaban J connectivity index is 1.50. The molecule has 0 radical (unpaired) electrons. The zero-order chi connectivity index (χ0) is 18.1. The monoisotopic (exact) mass is 358 g/mol. The molecule has 3 aliphatic heterocycles. The van der Waals surface area contributed by atoms with Crippen LogP contribution in [0.4, 0.5) is 5.82 Å². The first kappa shape index (κ1) is 17.3. The lowest BCUT2D eigenvalue weighted by atomic mass is 9.71. The summed E-state index contributed by atoms with van der Waals surface area (Å²) >= 11 is 0. The number of hydrogen-bond donors (Lipinski definition) is 2. The minimum absolute atomic E-state index is 0.0405. The van der Waals surface area contributed by atoms with E-state index in [4.69, 9.17) is 0 Å². The van der Waals surface area contributed by atoms with Gasteiger partial charge in [0.1, 0.15) is 5.82 Å². The number of carbonyl (C=O) groups excluding carboxylic acids is 2. The van der Waals surface area contributed by atoms with Crippen molar-refractivity contribution in [1.29, 1.82) is 0 Å². The zero-order valence-electron chi connectivity index (χ0n) is 15.0. The number of anilines is 1. The number of carbonyl (C=O) groups is 2. The van der Waals surface area contributed by atoms with Crippen LogP contribution in [0.25, 0.3) is 0 Å². The van der Waals surface area contributed by atoms with E-state index in [-0.39, 0.29) is 11.8 Å². The van der Waals surface area contributed by atoms with Crippen molar-refractivity contribution in [1.82, 2.24) is 15.2 Å². The van der Waals surface area contributed by atoms with Gasteiger partial charge in [0.15, 0.2) is 0 Å². The average Bonchev–Trinajstić information content (AvgIpc) is 3.20. The standard InChI is InChI=1S/C19H26N4O3/c24-15-6-11-23(13-19(15)7-3-8-20-18(19)26)16-5-4-14(12-21-16)17(25)22-9-1-2-10-22/h4-5,12,15,24H,1-3,6-11,13H2,(H,20,26)/t15-,19+/m0/s1. The number of hydrogen-bond acceptors (Lipinski definition) is 5. The van der Waals surface area contributed by atoms with Gasteiger partial charge in [-0.05, 0) is 44.2 Å². The highest BCUT2D eigenvalue weighted by molar-refractivity contribution is 5.94. The van der Waals surface area contributed by atoms with Crippen LogP contribution in [0.15, 0.2) is 18.3 Å². The van der Waals surface area contributed by atoms with Crippen molar-refractivity contribution in [3.8, 4) is 0 Å². The van der Waals surface area contributed by atoms with Gasteiger partial charge in [-0.1, -0.05) is 0 Å². The van der Waals surface area contributed by atoms with Crippen LogP contribution in [0.5, 0.6) is 0 Å². The van der Waals surface area contributed by atoms with Crippen molar-refractivity contribution in [3.63, 3.8) is 0 Å². The highest BCUT2D eigenvalue weighted by atomic mass is 16.3. The Morgan fingerprint density at radius 3 is 2.73 bits per heavy atom. The van der Waals surface area contributed by atoms with Gasteiger partial charge in [0, 0.05) is 38.9 Å². The molecule has 4 rings (SSSR count). The molecule has 0 aliphatic carbocycles. The van der Waals surface area contributed by atoms with Crippen LogP contribution in [0, 0.1) is 5.41 Å². The molecule has 2 amide bonds. The van der Waals surface area contributed by atoms with E-state index in [2.05, 4.69) is 15.2 Å². The first-order valence-electron chi connectivity index (χ1n) is 9.57. The molecule has 26 heavy (non-hydrogen) atoms. The van der Waals surface area contributed by atoms with E-state index in [0.29, 0.717) is 38.0 Å². The van der Waals surface area contributed by atoms with Gasteiger partial charge < -0.3 is 20.2 Å². The van der Waals surface area contributed by atoms with Crippen molar-refractivity contribution in [2.75, 3.05) is 37.6 Å². The largest absolute Gasteiger partial charge is 0.392 e. The molecular formula is C19H26N4O3. The Bertz CT molecular complexity index is 687. The molecule has 0 bridgehead atoms. The molecule has 7 nitrogen and oxygen atoms in total. The van der Waals surface area contributed by atoms with Crippen molar-refractivity contribution < 1.29 is 14.7 Å². The number of amides is 2. The molecule has 3 aliphatic rings. The van der Waals surface area contributed by atoms with E-state index < -0.39 is 11.5 Å². The van der Waals surface area contributed by atoms with E-state index in [1.807, 2.05) is 17.0 Å². The summed E-state index contributed by atoms with van der Waals surface area (Å²) in [5.41, 5.74) is -0.139. The molecule has 140 valence electrons. The van der Waals surface area contributed by atoms with Gasteiger partial charge in [-0.3, -0.25) is 9.59 Å². The van der Waals surface area contributed by atoms with Crippen molar-refractivity contribution in [2.45, 2.75) is 38.2 Å². The molecule has 3 fully saturated rings. The molecule has 3 saturated heterocycles. The maximum Gasteiger partial charge on any atom is 0.255 e. The fraction of sp³-hybridized carbons (Fsp3) is 0.632. The number of nitrogens with zero attached hydrogens (tertiary/aromatic N) is 3. The second kappa shape index (κ2) is 6.87. The summed E-state index contributed by atoms with van der Waals surface area (Å²) in [4.78, 5) is 33.3. The Labute approximate surface area is 153 Å². The lowest BCUT2D eigenvalue weighted by Gasteiger charge is -2.47. The van der Waals surface area contributed by atoms with E-state index >= 15 is 0 Å². The third-order valence-corrected chi connectivity index (χ3v) is 6.03. The van der Waals surface area contributed by atoms with Crippen molar-refractivity contribution in [3.05, 3.63) is 23.9 Å². The highest BCUT2D eigenvalue weighted by Crippen LogP contribution is 2.38. The number of likely N-dealkylation sites (tertiary alicyclic amines) is 1. The molecule has 4 heterocycles. The number of piperidine rings is 2. The molecule has 2 atom stereocenters. The van der Waals surface area contributed by atoms with Gasteiger partial charge >= 0.3 is 0 Å². The predicted molar refractivity (Wildman–Crippen MR) is 96.9 cm³/mol. The number of aliphatic hydroxyl groups excluding tert-OH is 1. The lowest BCUT2D eigenvalue weighted by Crippen LogP contribution is -2.61. The summed E-state index contributed by atoms with van der Waals surface area (Å²) in [7, 11) is 0. The molecule has 1 spiro atoms. The van der Waals surface area contributed by atoms with Gasteiger partial charge in [-0.2, -0.15) is 0 Å². The molecule has 1 aromatic rings. The fourth-order valence-electron chi connectivity index (χ4n) is 4.44. The van der Waals surface area contributed by atoms with Gasteiger partial charge in [0.25, 0.3) is 5.91 Å². The number of aromatic nitrogens is 1. The van der Waals surface area contributed by atoms with E-state index in [0.717, 1.165) is 38.2 Å². The van der Waals surface area contributed by atoms with Crippen LogP contribution in [0.2, 0.25) is 0 Å². The summed E-state index contributed by atoms with van der Waals surface area (Å²) in [6.45, 7) is 3.44. The fourth-order valence-corrected chi connectivity index (χ4v) is 4.44. The van der Waals surface area contributed by atoms with Gasteiger partial charge in [-0.25, -0.2) is 4.98 Å². The van der Waals surface area contributed by atoms with Crippen LogP contribution >= 0.6 is 0 Å². The van der Waals surface area contributed by atoms with Crippen molar-refractivity contribution in [2.24, 2.45) is 5.41 Å². The first-order valence-corrected chi connectivity index (χ1v) is 9.57. The maximum absolute atomic E-state index is 12.5. The Kier molecular flexibility index (Phi) is 4.56. The number of aliphatic hydroxyl groups is 1. The van der Waals surface area contributed by atoms with Gasteiger partial charge in [-0.15, -0.1) is 0 Å². The SMILES string of the molecule is O=C(c1ccc(N2CC[C@H](O)[C@@]3(CCCNC3=O)C2)nc1)N1CCCC1. The number of rotatable bonds is 2. The van der Waals surface area contributed by atoms with Crippen LogP contribution in [-0.4, -0.2) is 65.6 Å². The molecule has 0 saturated carbocycles. The molecule has 2 N–H and O–H groups in total. The van der Waals surface area contributed by atoms with Crippen molar-refractivity contribution >= 4 is 17.6 Å². The summed E-state index contributed by atoms with van der Waals surface area (Å²) in [5.74, 6) is 0.744. The van der Waals surface area contributed by atoms with Gasteiger partial charge in [0.05, 0.1) is 17.1 Å². The molecule has 7 heteroatoms. The Morgan fingerprint density at radius 2 is 2.04 bits per heavy atom. The van der Waals surface area contributed by atoms with Crippen LogP contribution in [-0.2, 0) is 4.79 Å². The summed E-state index contributed by atoms with van der Waals surface area (Å²) in [6, 6.07) is 3.68. The predicted octanol–water partition coefficient (Wildman–Crippen LogP) is 0.785. The van der Waals surface area contributed by atoms with Crippen LogP contribution in [0.3, 0.4) is 0 Å². The average molecular weight is 358 g/mol. The quantitative estimate of drug-likeness (QED) is 0.816. The molecule has 0 unspecified atom stereocenters. The van der Waals surface area contributed by atoms with Crippen LogP contribution in [0.1, 0.15) is 42.5 Å². The number of nitrogens with one attached hydrogen (secondary N) is 1. The highest BCUT2D eigenvalue weighted by Gasteiger charge is 2.50. The minimum Gasteiger partial charge on any atom is -0.392 e. The van der Waals surface area contributed by atoms with E-state index in [1.165, 1.54) is 0 Å².